The van der Waals surface area contributed by atoms with E-state index >= 15 is 0 Å². The molecule has 1 aromatic carbocycles. The number of halogens is 1. The minimum Gasteiger partial charge on any atom is -0.460 e. The van der Waals surface area contributed by atoms with Gasteiger partial charge in [0.05, 0.1) is 18.1 Å². The van der Waals surface area contributed by atoms with Crippen LogP contribution in [0, 0.1) is 0 Å². The average Bonchev–Trinajstić information content (AvgIpc) is 2.94. The van der Waals surface area contributed by atoms with Crippen LogP contribution in [-0.2, 0) is 11.3 Å². The number of rotatable bonds is 7. The largest absolute Gasteiger partial charge is 0.460 e. The number of amides is 1. The van der Waals surface area contributed by atoms with Gasteiger partial charge in [0.1, 0.15) is 11.5 Å². The zero-order valence-electron chi connectivity index (χ0n) is 12.0. The Labute approximate surface area is 129 Å². The summed E-state index contributed by atoms with van der Waals surface area (Å²) in [6, 6.07) is 11.3. The molecule has 0 saturated heterocycles. The van der Waals surface area contributed by atoms with Gasteiger partial charge in [-0.15, -0.1) is 0 Å². The van der Waals surface area contributed by atoms with E-state index in [9.17, 15) is 4.79 Å². The Morgan fingerprint density at radius 2 is 2.05 bits per heavy atom. The molecular weight excluding hydrogens is 288 g/mol. The molecule has 0 aliphatic heterocycles. The predicted octanol–water partition coefficient (Wildman–Crippen LogP) is 3.22. The van der Waals surface area contributed by atoms with Crippen LogP contribution in [0.5, 0.6) is 0 Å². The van der Waals surface area contributed by atoms with Gasteiger partial charge in [-0.25, -0.2) is 0 Å². The lowest BCUT2D eigenvalue weighted by Gasteiger charge is -2.04. The predicted molar refractivity (Wildman–Crippen MR) is 84.2 cm³/mol. The van der Waals surface area contributed by atoms with Gasteiger partial charge in [0.25, 0.3) is 0 Å². The van der Waals surface area contributed by atoms with Gasteiger partial charge in [0.15, 0.2) is 0 Å². The fraction of sp³-hybridized carbons (Fsp3) is 0.312. The van der Waals surface area contributed by atoms with Gasteiger partial charge in [-0.1, -0.05) is 30.7 Å². The van der Waals surface area contributed by atoms with Crippen LogP contribution in [0.3, 0.4) is 0 Å². The third-order valence-electron chi connectivity index (χ3n) is 2.96. The first-order chi connectivity index (χ1) is 10.2. The van der Waals surface area contributed by atoms with Gasteiger partial charge in [0.2, 0.25) is 5.91 Å². The summed E-state index contributed by atoms with van der Waals surface area (Å²) < 4.78 is 5.73. The van der Waals surface area contributed by atoms with Crippen molar-refractivity contribution >= 4 is 17.5 Å². The van der Waals surface area contributed by atoms with Crippen LogP contribution >= 0.6 is 11.6 Å². The third-order valence-corrected chi connectivity index (χ3v) is 3.29. The van der Waals surface area contributed by atoms with Crippen molar-refractivity contribution in [2.45, 2.75) is 19.9 Å². The van der Waals surface area contributed by atoms with E-state index in [2.05, 4.69) is 10.6 Å². The van der Waals surface area contributed by atoms with Crippen LogP contribution in [0.25, 0.3) is 11.3 Å². The van der Waals surface area contributed by atoms with Crippen LogP contribution < -0.4 is 10.6 Å². The van der Waals surface area contributed by atoms with Crippen LogP contribution in [0.2, 0.25) is 5.02 Å². The first-order valence-corrected chi connectivity index (χ1v) is 7.39. The maximum absolute atomic E-state index is 11.4. The molecule has 1 amide bonds. The van der Waals surface area contributed by atoms with E-state index in [4.69, 9.17) is 16.0 Å². The van der Waals surface area contributed by atoms with Crippen molar-refractivity contribution in [1.82, 2.24) is 10.6 Å². The molecule has 112 valence electrons. The molecule has 0 spiro atoms. The number of carbonyl (C=O) groups excluding carboxylic acids is 1. The summed E-state index contributed by atoms with van der Waals surface area (Å²) in [5.41, 5.74) is 0.867. The normalized spacial score (nSPS) is 10.6. The van der Waals surface area contributed by atoms with E-state index in [-0.39, 0.29) is 12.5 Å². The van der Waals surface area contributed by atoms with Crippen molar-refractivity contribution in [1.29, 1.82) is 0 Å². The van der Waals surface area contributed by atoms with E-state index in [0.29, 0.717) is 18.1 Å². The standard InChI is InChI=1S/C16H19ClN2O2/c1-2-9-19-16(20)11-18-10-12-7-8-15(21-12)13-5-3-4-6-14(13)17/h3-8,18H,2,9-11H2,1H3,(H,19,20). The van der Waals surface area contributed by atoms with E-state index in [0.717, 1.165) is 23.5 Å². The fourth-order valence-electron chi connectivity index (χ4n) is 1.90. The molecule has 4 nitrogen and oxygen atoms in total. The summed E-state index contributed by atoms with van der Waals surface area (Å²) in [4.78, 5) is 11.4. The van der Waals surface area contributed by atoms with E-state index in [1.54, 1.807) is 0 Å². The van der Waals surface area contributed by atoms with Crippen LogP contribution in [-0.4, -0.2) is 19.0 Å². The lowest BCUT2D eigenvalue weighted by atomic mass is 10.2. The highest BCUT2D eigenvalue weighted by molar-refractivity contribution is 6.33. The quantitative estimate of drug-likeness (QED) is 0.826. The minimum absolute atomic E-state index is 0.00488. The van der Waals surface area contributed by atoms with Gasteiger partial charge < -0.3 is 15.1 Å². The number of hydrogen-bond donors (Lipinski definition) is 2. The van der Waals surface area contributed by atoms with Crippen molar-refractivity contribution in [2.75, 3.05) is 13.1 Å². The molecule has 21 heavy (non-hydrogen) atoms. The number of carbonyl (C=O) groups is 1. The molecule has 5 heteroatoms. The minimum atomic E-state index is -0.00488. The molecule has 0 radical (unpaired) electrons. The highest BCUT2D eigenvalue weighted by atomic mass is 35.5. The molecule has 1 heterocycles. The molecule has 2 aromatic rings. The van der Waals surface area contributed by atoms with Gasteiger partial charge in [-0.05, 0) is 30.7 Å². The maximum atomic E-state index is 11.4. The Hall–Kier alpha value is -1.78. The van der Waals surface area contributed by atoms with E-state index in [1.165, 1.54) is 0 Å². The van der Waals surface area contributed by atoms with E-state index < -0.39 is 0 Å². The van der Waals surface area contributed by atoms with Gasteiger partial charge >= 0.3 is 0 Å². The van der Waals surface area contributed by atoms with Crippen molar-refractivity contribution in [3.8, 4) is 11.3 Å². The maximum Gasteiger partial charge on any atom is 0.233 e. The first kappa shape index (κ1) is 15.6. The van der Waals surface area contributed by atoms with Crippen molar-refractivity contribution in [2.24, 2.45) is 0 Å². The molecule has 0 unspecified atom stereocenters. The average molecular weight is 307 g/mol. The SMILES string of the molecule is CCCNC(=O)CNCc1ccc(-c2ccccc2Cl)o1. The monoisotopic (exact) mass is 306 g/mol. The lowest BCUT2D eigenvalue weighted by Crippen LogP contribution is -2.33. The molecule has 0 saturated carbocycles. The Balaban J connectivity index is 1.87. The Kier molecular flexibility index (Phi) is 5.84. The molecule has 1 aromatic heterocycles. The molecule has 2 rings (SSSR count). The van der Waals surface area contributed by atoms with Crippen LogP contribution in [0.4, 0.5) is 0 Å². The van der Waals surface area contributed by atoms with Gasteiger partial charge in [-0.2, -0.15) is 0 Å². The second kappa shape index (κ2) is 7.86. The third kappa shape index (κ3) is 4.62. The number of hydrogen-bond acceptors (Lipinski definition) is 3. The van der Waals surface area contributed by atoms with Gasteiger partial charge in [-0.3, -0.25) is 4.79 Å². The first-order valence-electron chi connectivity index (χ1n) is 7.01. The molecule has 0 bridgehead atoms. The summed E-state index contributed by atoms with van der Waals surface area (Å²) in [5.74, 6) is 1.50. The fourth-order valence-corrected chi connectivity index (χ4v) is 2.13. The summed E-state index contributed by atoms with van der Waals surface area (Å²) in [7, 11) is 0. The highest BCUT2D eigenvalue weighted by Crippen LogP contribution is 2.28. The Bertz CT molecular complexity index is 595. The van der Waals surface area contributed by atoms with Gasteiger partial charge in [0, 0.05) is 12.1 Å². The zero-order chi connectivity index (χ0) is 15.1. The van der Waals surface area contributed by atoms with Crippen molar-refractivity contribution < 1.29 is 9.21 Å². The number of nitrogens with one attached hydrogen (secondary N) is 2. The molecule has 0 fully saturated rings. The highest BCUT2D eigenvalue weighted by Gasteiger charge is 2.08. The summed E-state index contributed by atoms with van der Waals surface area (Å²) in [6.07, 6.45) is 0.936. The number of benzene rings is 1. The smallest absolute Gasteiger partial charge is 0.233 e. The molecule has 0 aliphatic rings. The molecule has 2 N–H and O–H groups in total. The zero-order valence-corrected chi connectivity index (χ0v) is 12.7. The van der Waals surface area contributed by atoms with Crippen molar-refractivity contribution in [3.05, 3.63) is 47.2 Å². The topological polar surface area (TPSA) is 54.3 Å². The Morgan fingerprint density at radius 3 is 2.81 bits per heavy atom. The summed E-state index contributed by atoms with van der Waals surface area (Å²) >= 11 is 6.13. The second-order valence-corrected chi connectivity index (χ2v) is 5.11. The van der Waals surface area contributed by atoms with E-state index in [1.807, 2.05) is 43.3 Å². The second-order valence-electron chi connectivity index (χ2n) is 4.70. The molecule has 0 atom stereocenters. The number of furan rings is 1. The molecule has 0 aliphatic carbocycles. The molecular formula is C16H19ClN2O2. The summed E-state index contributed by atoms with van der Waals surface area (Å²) in [5, 5.41) is 6.52. The summed E-state index contributed by atoms with van der Waals surface area (Å²) in [6.45, 7) is 3.51. The van der Waals surface area contributed by atoms with Crippen molar-refractivity contribution in [3.63, 3.8) is 0 Å². The lowest BCUT2D eigenvalue weighted by molar-refractivity contribution is -0.120. The Morgan fingerprint density at radius 1 is 1.24 bits per heavy atom. The van der Waals surface area contributed by atoms with Crippen LogP contribution in [0.1, 0.15) is 19.1 Å². The van der Waals surface area contributed by atoms with Crippen LogP contribution in [0.15, 0.2) is 40.8 Å².